The molecule has 4 nitrogen and oxygen atoms in total. The summed E-state index contributed by atoms with van der Waals surface area (Å²) in [5.74, 6) is 0.979. The summed E-state index contributed by atoms with van der Waals surface area (Å²) >= 11 is 0. The molecule has 1 aliphatic heterocycles. The lowest BCUT2D eigenvalue weighted by molar-refractivity contribution is -0.134. The van der Waals surface area contributed by atoms with Crippen molar-refractivity contribution in [2.45, 2.75) is 25.8 Å². The second kappa shape index (κ2) is 6.16. The molecule has 114 valence electrons. The van der Waals surface area contributed by atoms with Gasteiger partial charge in [-0.15, -0.1) is 0 Å². The van der Waals surface area contributed by atoms with Gasteiger partial charge in [-0.3, -0.25) is 9.69 Å². The summed E-state index contributed by atoms with van der Waals surface area (Å²) in [6, 6.07) is 7.41. The Morgan fingerprint density at radius 2 is 1.81 bits per heavy atom. The number of hydrogen-bond acceptors (Lipinski definition) is 3. The van der Waals surface area contributed by atoms with Crippen LogP contribution in [0.4, 0.5) is 0 Å². The normalized spacial score (nSPS) is 21.3. The van der Waals surface area contributed by atoms with Gasteiger partial charge in [0.15, 0.2) is 0 Å². The van der Waals surface area contributed by atoms with Crippen LogP contribution in [0, 0.1) is 12.8 Å². The Kier molecular flexibility index (Phi) is 4.27. The average Bonchev–Trinajstić information content (AvgIpc) is 3.31. The molecule has 0 bridgehead atoms. The van der Waals surface area contributed by atoms with E-state index in [-0.39, 0.29) is 5.91 Å². The maximum absolute atomic E-state index is 12.5. The number of carbonyl (C=O) groups excluding carboxylic acids is 1. The Balaban J connectivity index is 1.54. The van der Waals surface area contributed by atoms with Crippen molar-refractivity contribution in [3.8, 4) is 0 Å². The number of amides is 1. The van der Waals surface area contributed by atoms with Crippen LogP contribution >= 0.6 is 0 Å². The van der Waals surface area contributed by atoms with E-state index < -0.39 is 6.04 Å². The lowest BCUT2D eigenvalue weighted by Crippen LogP contribution is -2.51. The largest absolute Gasteiger partial charge is 0.338 e. The molecule has 2 aliphatic rings. The van der Waals surface area contributed by atoms with Gasteiger partial charge in [0.05, 0.1) is 0 Å². The molecule has 2 fully saturated rings. The predicted molar refractivity (Wildman–Crippen MR) is 83.9 cm³/mol. The zero-order valence-electron chi connectivity index (χ0n) is 12.8. The van der Waals surface area contributed by atoms with E-state index in [0.717, 1.165) is 37.7 Å². The Morgan fingerprint density at radius 3 is 2.38 bits per heavy atom. The molecule has 1 saturated carbocycles. The highest BCUT2D eigenvalue weighted by Crippen LogP contribution is 2.30. The average molecular weight is 287 g/mol. The van der Waals surface area contributed by atoms with Gasteiger partial charge in [-0.25, -0.2) is 0 Å². The van der Waals surface area contributed by atoms with Crippen LogP contribution in [-0.2, 0) is 4.79 Å². The van der Waals surface area contributed by atoms with Gasteiger partial charge in [0.1, 0.15) is 6.04 Å². The highest BCUT2D eigenvalue weighted by atomic mass is 16.2. The highest BCUT2D eigenvalue weighted by Gasteiger charge is 2.29. The fourth-order valence-corrected chi connectivity index (χ4v) is 2.93. The zero-order chi connectivity index (χ0) is 14.8. The molecule has 2 N–H and O–H groups in total. The standard InChI is InChI=1S/C17H25N3O/c1-13-2-6-15(7-3-13)16(18)17(21)20-10-8-19(9-11-20)12-14-4-5-14/h2-3,6-7,14,16H,4-5,8-12,18H2,1H3. The molecule has 1 amide bonds. The van der Waals surface area contributed by atoms with Crippen LogP contribution in [0.1, 0.15) is 30.0 Å². The van der Waals surface area contributed by atoms with Crippen molar-refractivity contribution in [3.63, 3.8) is 0 Å². The van der Waals surface area contributed by atoms with Gasteiger partial charge < -0.3 is 10.6 Å². The van der Waals surface area contributed by atoms with Crippen molar-refractivity contribution in [2.75, 3.05) is 32.7 Å². The summed E-state index contributed by atoms with van der Waals surface area (Å²) < 4.78 is 0. The Labute approximate surface area is 126 Å². The van der Waals surface area contributed by atoms with Crippen molar-refractivity contribution >= 4 is 5.91 Å². The van der Waals surface area contributed by atoms with E-state index in [4.69, 9.17) is 5.73 Å². The number of nitrogens with zero attached hydrogens (tertiary/aromatic N) is 2. The van der Waals surface area contributed by atoms with E-state index in [1.165, 1.54) is 24.9 Å². The summed E-state index contributed by atoms with van der Waals surface area (Å²) in [6.45, 7) is 6.85. The lowest BCUT2D eigenvalue weighted by Gasteiger charge is -2.36. The van der Waals surface area contributed by atoms with Crippen LogP contribution < -0.4 is 5.73 Å². The van der Waals surface area contributed by atoms with E-state index >= 15 is 0 Å². The molecule has 1 saturated heterocycles. The van der Waals surface area contributed by atoms with Crippen LogP contribution in [0.15, 0.2) is 24.3 Å². The van der Waals surface area contributed by atoms with Crippen LogP contribution in [-0.4, -0.2) is 48.4 Å². The van der Waals surface area contributed by atoms with E-state index in [9.17, 15) is 4.79 Å². The topological polar surface area (TPSA) is 49.6 Å². The molecular formula is C17H25N3O. The van der Waals surface area contributed by atoms with E-state index in [1.807, 2.05) is 36.1 Å². The number of hydrogen-bond donors (Lipinski definition) is 1. The smallest absolute Gasteiger partial charge is 0.244 e. The Bertz CT molecular complexity index is 487. The van der Waals surface area contributed by atoms with Crippen molar-refractivity contribution in [3.05, 3.63) is 35.4 Å². The molecule has 3 rings (SSSR count). The molecule has 1 atom stereocenters. The molecule has 0 aromatic heterocycles. The molecule has 1 unspecified atom stereocenters. The van der Waals surface area contributed by atoms with Gasteiger partial charge in [-0.05, 0) is 31.2 Å². The minimum Gasteiger partial charge on any atom is -0.338 e. The number of carbonyl (C=O) groups is 1. The minimum atomic E-state index is -0.527. The fourth-order valence-electron chi connectivity index (χ4n) is 2.93. The summed E-state index contributed by atoms with van der Waals surface area (Å²) in [5, 5.41) is 0. The van der Waals surface area contributed by atoms with E-state index in [0.29, 0.717) is 0 Å². The second-order valence-electron chi connectivity index (χ2n) is 6.46. The van der Waals surface area contributed by atoms with Crippen molar-refractivity contribution in [1.82, 2.24) is 9.80 Å². The van der Waals surface area contributed by atoms with Crippen LogP contribution in [0.2, 0.25) is 0 Å². The zero-order valence-corrected chi connectivity index (χ0v) is 12.8. The van der Waals surface area contributed by atoms with Gasteiger partial charge in [0.2, 0.25) is 5.91 Å². The number of aryl methyl sites for hydroxylation is 1. The molecule has 0 radical (unpaired) electrons. The van der Waals surface area contributed by atoms with Gasteiger partial charge in [0.25, 0.3) is 0 Å². The van der Waals surface area contributed by atoms with E-state index in [1.54, 1.807) is 0 Å². The Morgan fingerprint density at radius 1 is 1.19 bits per heavy atom. The minimum absolute atomic E-state index is 0.0601. The first-order valence-corrected chi connectivity index (χ1v) is 7.97. The highest BCUT2D eigenvalue weighted by molar-refractivity contribution is 5.83. The molecule has 4 heteroatoms. The first kappa shape index (κ1) is 14.5. The van der Waals surface area contributed by atoms with Gasteiger partial charge in [0, 0.05) is 32.7 Å². The van der Waals surface area contributed by atoms with Crippen molar-refractivity contribution < 1.29 is 4.79 Å². The lowest BCUT2D eigenvalue weighted by atomic mass is 10.0. The van der Waals surface area contributed by atoms with Crippen LogP contribution in [0.3, 0.4) is 0 Å². The molecule has 21 heavy (non-hydrogen) atoms. The monoisotopic (exact) mass is 287 g/mol. The van der Waals surface area contributed by atoms with Gasteiger partial charge >= 0.3 is 0 Å². The summed E-state index contributed by atoms with van der Waals surface area (Å²) in [6.07, 6.45) is 2.77. The third kappa shape index (κ3) is 3.63. The molecule has 1 aliphatic carbocycles. The first-order valence-electron chi connectivity index (χ1n) is 7.97. The molecule has 1 aromatic rings. The summed E-state index contributed by atoms with van der Waals surface area (Å²) in [7, 11) is 0. The number of piperazine rings is 1. The summed E-state index contributed by atoms with van der Waals surface area (Å²) in [5.41, 5.74) is 8.24. The third-order valence-corrected chi connectivity index (χ3v) is 4.60. The quantitative estimate of drug-likeness (QED) is 0.914. The van der Waals surface area contributed by atoms with Crippen molar-refractivity contribution in [2.24, 2.45) is 11.7 Å². The van der Waals surface area contributed by atoms with Gasteiger partial charge in [-0.2, -0.15) is 0 Å². The molecule has 0 spiro atoms. The van der Waals surface area contributed by atoms with E-state index in [2.05, 4.69) is 4.90 Å². The molecule has 1 aromatic carbocycles. The van der Waals surface area contributed by atoms with Crippen molar-refractivity contribution in [1.29, 1.82) is 0 Å². The predicted octanol–water partition coefficient (Wildman–Crippen LogP) is 1.55. The van der Waals surface area contributed by atoms with Crippen LogP contribution in [0.5, 0.6) is 0 Å². The fraction of sp³-hybridized carbons (Fsp3) is 0.588. The molecule has 1 heterocycles. The summed E-state index contributed by atoms with van der Waals surface area (Å²) in [4.78, 5) is 16.9. The Hall–Kier alpha value is -1.39. The number of benzene rings is 1. The third-order valence-electron chi connectivity index (χ3n) is 4.60. The van der Waals surface area contributed by atoms with Gasteiger partial charge in [-0.1, -0.05) is 29.8 Å². The molecular weight excluding hydrogens is 262 g/mol. The second-order valence-corrected chi connectivity index (χ2v) is 6.46. The number of nitrogens with two attached hydrogens (primary N) is 1. The SMILES string of the molecule is Cc1ccc(C(N)C(=O)N2CCN(CC3CC3)CC2)cc1. The first-order chi connectivity index (χ1) is 10.1. The maximum Gasteiger partial charge on any atom is 0.244 e. The van der Waals surface area contributed by atoms with Crippen LogP contribution in [0.25, 0.3) is 0 Å². The maximum atomic E-state index is 12.5. The number of rotatable bonds is 4.